The molecule has 1 aromatic carbocycles. The van der Waals surface area contributed by atoms with Gasteiger partial charge in [0.2, 0.25) is 0 Å². The molecule has 22 heavy (non-hydrogen) atoms. The first kappa shape index (κ1) is 16.8. The standard InChI is InChI=1S/C18H28N2O2/c1-3-4-9-19-17-8-6-5-7-16(17)18(22)20-11-14(2)10-15(12-20)13-21/h5-8,14-15,19,21H,3-4,9-13H2,1-2H3/t14-,15+/m1/s1. The van der Waals surface area contributed by atoms with Crippen LogP contribution in [0.4, 0.5) is 5.69 Å². The van der Waals surface area contributed by atoms with Crippen molar-refractivity contribution in [3.8, 4) is 0 Å². The number of hydrogen-bond donors (Lipinski definition) is 2. The van der Waals surface area contributed by atoms with Crippen molar-refractivity contribution in [2.24, 2.45) is 11.8 Å². The van der Waals surface area contributed by atoms with Crippen LogP contribution in [-0.4, -0.2) is 42.2 Å². The van der Waals surface area contributed by atoms with E-state index in [1.807, 2.05) is 29.2 Å². The fourth-order valence-electron chi connectivity index (χ4n) is 3.17. The summed E-state index contributed by atoms with van der Waals surface area (Å²) in [6.45, 7) is 6.78. The molecule has 0 unspecified atom stereocenters. The average Bonchev–Trinajstić information content (AvgIpc) is 2.54. The summed E-state index contributed by atoms with van der Waals surface area (Å²) in [6, 6.07) is 7.74. The van der Waals surface area contributed by atoms with Crippen molar-refractivity contribution < 1.29 is 9.90 Å². The highest BCUT2D eigenvalue weighted by atomic mass is 16.3. The monoisotopic (exact) mass is 304 g/mol. The lowest BCUT2D eigenvalue weighted by Gasteiger charge is -2.36. The van der Waals surface area contributed by atoms with Gasteiger partial charge in [-0.3, -0.25) is 4.79 Å². The van der Waals surface area contributed by atoms with Gasteiger partial charge in [0.25, 0.3) is 5.91 Å². The molecule has 2 rings (SSSR count). The highest BCUT2D eigenvalue weighted by molar-refractivity contribution is 5.99. The summed E-state index contributed by atoms with van der Waals surface area (Å²) in [5, 5.41) is 12.8. The maximum Gasteiger partial charge on any atom is 0.255 e. The van der Waals surface area contributed by atoms with Gasteiger partial charge in [-0.2, -0.15) is 0 Å². The lowest BCUT2D eigenvalue weighted by Crippen LogP contribution is -2.44. The van der Waals surface area contributed by atoms with E-state index in [9.17, 15) is 9.90 Å². The molecule has 1 aliphatic heterocycles. The number of amides is 1. The largest absolute Gasteiger partial charge is 0.396 e. The Morgan fingerprint density at radius 2 is 2.14 bits per heavy atom. The molecule has 0 saturated carbocycles. The fourth-order valence-corrected chi connectivity index (χ4v) is 3.17. The molecule has 4 heteroatoms. The summed E-state index contributed by atoms with van der Waals surface area (Å²) < 4.78 is 0. The van der Waals surface area contributed by atoms with Crippen LogP contribution in [0, 0.1) is 11.8 Å². The molecule has 1 saturated heterocycles. The van der Waals surface area contributed by atoms with Crippen molar-refractivity contribution in [1.82, 2.24) is 4.90 Å². The third-order valence-corrected chi connectivity index (χ3v) is 4.30. The summed E-state index contributed by atoms with van der Waals surface area (Å²) in [5.41, 5.74) is 1.66. The highest BCUT2D eigenvalue weighted by Gasteiger charge is 2.28. The van der Waals surface area contributed by atoms with Crippen LogP contribution < -0.4 is 5.32 Å². The maximum absolute atomic E-state index is 12.9. The SMILES string of the molecule is CCCCNc1ccccc1C(=O)N1C[C@H](C)C[C@H](CO)C1. The van der Waals surface area contributed by atoms with Gasteiger partial charge in [0.05, 0.1) is 5.56 Å². The lowest BCUT2D eigenvalue weighted by atomic mass is 9.90. The van der Waals surface area contributed by atoms with E-state index in [2.05, 4.69) is 19.2 Å². The van der Waals surface area contributed by atoms with Crippen LogP contribution in [-0.2, 0) is 0 Å². The number of hydrogen-bond acceptors (Lipinski definition) is 3. The van der Waals surface area contributed by atoms with E-state index in [0.717, 1.165) is 43.6 Å². The number of anilines is 1. The van der Waals surface area contributed by atoms with Crippen LogP contribution in [0.1, 0.15) is 43.5 Å². The number of aliphatic hydroxyl groups is 1. The second-order valence-corrected chi connectivity index (χ2v) is 6.43. The van der Waals surface area contributed by atoms with E-state index in [4.69, 9.17) is 0 Å². The summed E-state index contributed by atoms with van der Waals surface area (Å²) >= 11 is 0. The van der Waals surface area contributed by atoms with Crippen LogP contribution >= 0.6 is 0 Å². The van der Waals surface area contributed by atoms with Gasteiger partial charge in [0.1, 0.15) is 0 Å². The number of nitrogens with one attached hydrogen (secondary N) is 1. The molecule has 1 aliphatic rings. The molecular weight excluding hydrogens is 276 g/mol. The molecule has 0 radical (unpaired) electrons. The van der Waals surface area contributed by atoms with Gasteiger partial charge in [0, 0.05) is 31.9 Å². The van der Waals surface area contributed by atoms with E-state index in [-0.39, 0.29) is 18.4 Å². The van der Waals surface area contributed by atoms with Gasteiger partial charge < -0.3 is 15.3 Å². The van der Waals surface area contributed by atoms with E-state index >= 15 is 0 Å². The Kier molecular flexibility index (Phi) is 6.25. The smallest absolute Gasteiger partial charge is 0.255 e. The summed E-state index contributed by atoms with van der Waals surface area (Å²) in [7, 11) is 0. The predicted molar refractivity (Wildman–Crippen MR) is 90.1 cm³/mol. The summed E-state index contributed by atoms with van der Waals surface area (Å²) in [4.78, 5) is 14.8. The van der Waals surface area contributed by atoms with Crippen LogP contribution in [0.25, 0.3) is 0 Å². The zero-order chi connectivity index (χ0) is 15.9. The first-order valence-electron chi connectivity index (χ1n) is 8.38. The first-order chi connectivity index (χ1) is 10.7. The van der Waals surface area contributed by atoms with E-state index in [0.29, 0.717) is 12.5 Å². The number of benzene rings is 1. The maximum atomic E-state index is 12.9. The topological polar surface area (TPSA) is 52.6 Å². The normalized spacial score (nSPS) is 21.7. The Morgan fingerprint density at radius 3 is 2.86 bits per heavy atom. The van der Waals surface area contributed by atoms with Crippen molar-refractivity contribution >= 4 is 11.6 Å². The van der Waals surface area contributed by atoms with Crippen molar-refractivity contribution in [1.29, 1.82) is 0 Å². The number of para-hydroxylation sites is 1. The van der Waals surface area contributed by atoms with Crippen molar-refractivity contribution in [2.75, 3.05) is 31.6 Å². The molecule has 4 nitrogen and oxygen atoms in total. The Labute approximate surface area is 133 Å². The van der Waals surface area contributed by atoms with Crippen molar-refractivity contribution in [2.45, 2.75) is 33.1 Å². The zero-order valence-electron chi connectivity index (χ0n) is 13.7. The number of aliphatic hydroxyl groups excluding tert-OH is 1. The third kappa shape index (κ3) is 4.23. The van der Waals surface area contributed by atoms with E-state index in [1.54, 1.807) is 0 Å². The second kappa shape index (κ2) is 8.18. The summed E-state index contributed by atoms with van der Waals surface area (Å²) in [6.07, 6.45) is 3.22. The number of nitrogens with zero attached hydrogens (tertiary/aromatic N) is 1. The number of carbonyl (C=O) groups excluding carboxylic acids is 1. The Morgan fingerprint density at radius 1 is 1.36 bits per heavy atom. The summed E-state index contributed by atoms with van der Waals surface area (Å²) in [5.74, 6) is 0.715. The first-order valence-corrected chi connectivity index (χ1v) is 8.38. The molecule has 0 aromatic heterocycles. The van der Waals surface area contributed by atoms with Crippen LogP contribution in [0.5, 0.6) is 0 Å². The molecule has 1 fully saturated rings. The van der Waals surface area contributed by atoms with E-state index in [1.165, 1.54) is 0 Å². The minimum absolute atomic E-state index is 0.0737. The Bertz CT molecular complexity index is 490. The number of rotatable bonds is 6. The molecule has 2 atom stereocenters. The van der Waals surface area contributed by atoms with Gasteiger partial charge in [-0.25, -0.2) is 0 Å². The third-order valence-electron chi connectivity index (χ3n) is 4.30. The molecular formula is C18H28N2O2. The minimum atomic E-state index is 0.0737. The molecule has 1 heterocycles. The number of unbranched alkanes of at least 4 members (excludes halogenated alkanes) is 1. The second-order valence-electron chi connectivity index (χ2n) is 6.43. The zero-order valence-corrected chi connectivity index (χ0v) is 13.7. The highest BCUT2D eigenvalue weighted by Crippen LogP contribution is 2.25. The van der Waals surface area contributed by atoms with Gasteiger partial charge in [0.15, 0.2) is 0 Å². The number of piperidine rings is 1. The fraction of sp³-hybridized carbons (Fsp3) is 0.611. The number of carbonyl (C=O) groups is 1. The van der Waals surface area contributed by atoms with Crippen LogP contribution in [0.3, 0.4) is 0 Å². The number of likely N-dealkylation sites (tertiary alicyclic amines) is 1. The minimum Gasteiger partial charge on any atom is -0.396 e. The molecule has 0 bridgehead atoms. The van der Waals surface area contributed by atoms with E-state index < -0.39 is 0 Å². The van der Waals surface area contributed by atoms with Crippen LogP contribution in [0.15, 0.2) is 24.3 Å². The molecule has 0 aliphatic carbocycles. The molecule has 1 aromatic rings. The predicted octanol–water partition coefficient (Wildman–Crippen LogP) is 2.99. The lowest BCUT2D eigenvalue weighted by molar-refractivity contribution is 0.0534. The molecule has 2 N–H and O–H groups in total. The Hall–Kier alpha value is -1.55. The average molecular weight is 304 g/mol. The van der Waals surface area contributed by atoms with Gasteiger partial charge in [-0.05, 0) is 36.8 Å². The quantitative estimate of drug-likeness (QED) is 0.794. The molecule has 0 spiro atoms. The van der Waals surface area contributed by atoms with Crippen LogP contribution in [0.2, 0.25) is 0 Å². The molecule has 1 amide bonds. The van der Waals surface area contributed by atoms with Gasteiger partial charge >= 0.3 is 0 Å². The molecule has 122 valence electrons. The van der Waals surface area contributed by atoms with Crippen molar-refractivity contribution in [3.63, 3.8) is 0 Å². The van der Waals surface area contributed by atoms with Gasteiger partial charge in [-0.15, -0.1) is 0 Å². The van der Waals surface area contributed by atoms with Gasteiger partial charge in [-0.1, -0.05) is 32.4 Å². The van der Waals surface area contributed by atoms with Crippen molar-refractivity contribution in [3.05, 3.63) is 29.8 Å². The Balaban J connectivity index is 2.11.